The highest BCUT2D eigenvalue weighted by molar-refractivity contribution is 5.45. The minimum Gasteiger partial charge on any atom is -0.373 e. The second-order valence-electron chi connectivity index (χ2n) is 4.36. The van der Waals surface area contributed by atoms with Crippen molar-refractivity contribution in [3.05, 3.63) is 30.3 Å². The van der Waals surface area contributed by atoms with Crippen LogP contribution < -0.4 is 10.2 Å². The van der Waals surface area contributed by atoms with Gasteiger partial charge in [0.05, 0.1) is 0 Å². The van der Waals surface area contributed by atoms with E-state index in [9.17, 15) is 0 Å². The van der Waals surface area contributed by atoms with E-state index in [1.807, 2.05) is 0 Å². The van der Waals surface area contributed by atoms with Crippen LogP contribution in [0.15, 0.2) is 30.3 Å². The number of hydrogen-bond acceptors (Lipinski definition) is 2. The van der Waals surface area contributed by atoms with Crippen LogP contribution >= 0.6 is 0 Å². The molecule has 1 aromatic carbocycles. The summed E-state index contributed by atoms with van der Waals surface area (Å²) in [6, 6.07) is 11.3. The van der Waals surface area contributed by atoms with Gasteiger partial charge in [0, 0.05) is 25.3 Å². The Labute approximate surface area is 92.3 Å². The van der Waals surface area contributed by atoms with E-state index in [2.05, 4.69) is 47.6 Å². The Morgan fingerprint density at radius 1 is 1.27 bits per heavy atom. The predicted octanol–water partition coefficient (Wildman–Crippen LogP) is 2.26. The van der Waals surface area contributed by atoms with Gasteiger partial charge >= 0.3 is 0 Å². The summed E-state index contributed by atoms with van der Waals surface area (Å²) in [6.07, 6.45) is 4.03. The zero-order valence-electron chi connectivity index (χ0n) is 9.45. The number of anilines is 1. The van der Waals surface area contributed by atoms with Gasteiger partial charge in [-0.05, 0) is 31.5 Å². The van der Waals surface area contributed by atoms with Crippen LogP contribution in [0.25, 0.3) is 0 Å². The molecule has 1 N–H and O–H groups in total. The highest BCUT2D eigenvalue weighted by Gasteiger charge is 2.14. The molecule has 0 amide bonds. The van der Waals surface area contributed by atoms with E-state index in [0.717, 1.165) is 6.54 Å². The second kappa shape index (κ2) is 5.17. The molecule has 1 unspecified atom stereocenters. The molecular formula is C13H20N2. The number of rotatable bonds is 3. The molecule has 15 heavy (non-hydrogen) atoms. The van der Waals surface area contributed by atoms with E-state index in [4.69, 9.17) is 0 Å². The third kappa shape index (κ3) is 2.96. The lowest BCUT2D eigenvalue weighted by atomic mass is 10.0. The van der Waals surface area contributed by atoms with E-state index in [1.54, 1.807) is 0 Å². The Balaban J connectivity index is 1.88. The molecule has 0 spiro atoms. The highest BCUT2D eigenvalue weighted by Crippen LogP contribution is 2.14. The molecule has 1 heterocycles. The fourth-order valence-electron chi connectivity index (χ4n) is 2.20. The summed E-state index contributed by atoms with van der Waals surface area (Å²) >= 11 is 0. The molecule has 2 heteroatoms. The average molecular weight is 204 g/mol. The number of nitrogens with zero attached hydrogens (tertiary/aromatic N) is 1. The second-order valence-corrected chi connectivity index (χ2v) is 4.36. The fourth-order valence-corrected chi connectivity index (χ4v) is 2.20. The summed E-state index contributed by atoms with van der Waals surface area (Å²) in [6.45, 7) is 2.30. The molecule has 0 bridgehead atoms. The molecule has 1 atom stereocenters. The van der Waals surface area contributed by atoms with Crippen LogP contribution in [0.2, 0.25) is 0 Å². The molecule has 2 nitrogen and oxygen atoms in total. The first-order chi connectivity index (χ1) is 7.36. The van der Waals surface area contributed by atoms with E-state index < -0.39 is 0 Å². The van der Waals surface area contributed by atoms with Gasteiger partial charge in [-0.25, -0.2) is 0 Å². The van der Waals surface area contributed by atoms with Gasteiger partial charge in [0.2, 0.25) is 0 Å². The van der Waals surface area contributed by atoms with Gasteiger partial charge in [0.15, 0.2) is 0 Å². The van der Waals surface area contributed by atoms with Crippen LogP contribution in [0.5, 0.6) is 0 Å². The maximum absolute atomic E-state index is 3.58. The van der Waals surface area contributed by atoms with Gasteiger partial charge in [-0.1, -0.05) is 24.6 Å². The standard InChI is InChI=1S/C13H20N2/c1-15(13-8-3-2-4-9-13)11-12-7-5-6-10-14-12/h2-4,8-9,12,14H,5-7,10-11H2,1H3. The maximum Gasteiger partial charge on any atom is 0.0364 e. The molecule has 1 aromatic rings. The quantitative estimate of drug-likeness (QED) is 0.812. The Hall–Kier alpha value is -1.02. The molecule has 1 saturated heterocycles. The van der Waals surface area contributed by atoms with Crippen molar-refractivity contribution in [2.45, 2.75) is 25.3 Å². The summed E-state index contributed by atoms with van der Waals surface area (Å²) in [5.74, 6) is 0. The minimum absolute atomic E-state index is 0.670. The van der Waals surface area contributed by atoms with Gasteiger partial charge in [-0.15, -0.1) is 0 Å². The number of para-hydroxylation sites is 1. The number of hydrogen-bond donors (Lipinski definition) is 1. The summed E-state index contributed by atoms with van der Waals surface area (Å²) in [4.78, 5) is 2.34. The minimum atomic E-state index is 0.670. The average Bonchev–Trinajstić information content (AvgIpc) is 2.31. The predicted molar refractivity (Wildman–Crippen MR) is 65.4 cm³/mol. The van der Waals surface area contributed by atoms with Crippen LogP contribution in [0.1, 0.15) is 19.3 Å². The number of nitrogens with one attached hydrogen (secondary N) is 1. The molecule has 0 aliphatic carbocycles. The summed E-state index contributed by atoms with van der Waals surface area (Å²) in [5.41, 5.74) is 1.31. The molecular weight excluding hydrogens is 184 g/mol. The molecule has 0 aromatic heterocycles. The number of benzene rings is 1. The molecule has 0 radical (unpaired) electrons. The number of piperidine rings is 1. The highest BCUT2D eigenvalue weighted by atomic mass is 15.1. The number of likely N-dealkylation sites (N-methyl/N-ethyl adjacent to an activating group) is 1. The van der Waals surface area contributed by atoms with Gasteiger partial charge in [0.25, 0.3) is 0 Å². The van der Waals surface area contributed by atoms with Crippen LogP contribution in [0, 0.1) is 0 Å². The van der Waals surface area contributed by atoms with Crippen molar-refractivity contribution in [2.24, 2.45) is 0 Å². The maximum atomic E-state index is 3.58. The smallest absolute Gasteiger partial charge is 0.0364 e. The largest absolute Gasteiger partial charge is 0.373 e. The van der Waals surface area contributed by atoms with Crippen LogP contribution in [-0.4, -0.2) is 26.2 Å². The fraction of sp³-hybridized carbons (Fsp3) is 0.538. The van der Waals surface area contributed by atoms with Crippen molar-refractivity contribution in [1.29, 1.82) is 0 Å². The SMILES string of the molecule is CN(CC1CCCCN1)c1ccccc1. The normalized spacial score (nSPS) is 21.3. The first-order valence-corrected chi connectivity index (χ1v) is 5.86. The lowest BCUT2D eigenvalue weighted by molar-refractivity contribution is 0.403. The van der Waals surface area contributed by atoms with E-state index >= 15 is 0 Å². The van der Waals surface area contributed by atoms with Gasteiger partial charge < -0.3 is 10.2 Å². The van der Waals surface area contributed by atoms with Gasteiger partial charge in [0.1, 0.15) is 0 Å². The van der Waals surface area contributed by atoms with Crippen molar-refractivity contribution < 1.29 is 0 Å². The first kappa shape index (κ1) is 10.5. The lowest BCUT2D eigenvalue weighted by Crippen LogP contribution is -2.42. The monoisotopic (exact) mass is 204 g/mol. The van der Waals surface area contributed by atoms with E-state index in [0.29, 0.717) is 6.04 Å². The van der Waals surface area contributed by atoms with Gasteiger partial charge in [-0.3, -0.25) is 0 Å². The van der Waals surface area contributed by atoms with Gasteiger partial charge in [-0.2, -0.15) is 0 Å². The Kier molecular flexibility index (Phi) is 3.62. The molecule has 1 fully saturated rings. The Morgan fingerprint density at radius 3 is 2.73 bits per heavy atom. The van der Waals surface area contributed by atoms with Crippen molar-refractivity contribution in [3.63, 3.8) is 0 Å². The first-order valence-electron chi connectivity index (χ1n) is 5.86. The van der Waals surface area contributed by atoms with Crippen LogP contribution in [0.4, 0.5) is 5.69 Å². The molecule has 82 valence electrons. The van der Waals surface area contributed by atoms with Crippen LogP contribution in [0.3, 0.4) is 0 Å². The van der Waals surface area contributed by atoms with Crippen LogP contribution in [-0.2, 0) is 0 Å². The van der Waals surface area contributed by atoms with E-state index in [1.165, 1.54) is 31.5 Å². The lowest BCUT2D eigenvalue weighted by Gasteiger charge is -2.29. The topological polar surface area (TPSA) is 15.3 Å². The Bertz CT molecular complexity index is 278. The zero-order chi connectivity index (χ0) is 10.5. The van der Waals surface area contributed by atoms with E-state index in [-0.39, 0.29) is 0 Å². The zero-order valence-corrected chi connectivity index (χ0v) is 9.45. The molecule has 2 rings (SSSR count). The molecule has 0 saturated carbocycles. The van der Waals surface area contributed by atoms with Crippen molar-refractivity contribution >= 4 is 5.69 Å². The molecule has 1 aliphatic rings. The molecule has 1 aliphatic heterocycles. The summed E-state index contributed by atoms with van der Waals surface area (Å²) in [7, 11) is 2.17. The van der Waals surface area contributed by atoms with Crippen molar-refractivity contribution in [3.8, 4) is 0 Å². The summed E-state index contributed by atoms with van der Waals surface area (Å²) in [5, 5.41) is 3.58. The Morgan fingerprint density at radius 2 is 2.07 bits per heavy atom. The van der Waals surface area contributed by atoms with Crippen molar-refractivity contribution in [2.75, 3.05) is 25.0 Å². The third-order valence-electron chi connectivity index (χ3n) is 3.10. The third-order valence-corrected chi connectivity index (χ3v) is 3.10. The summed E-state index contributed by atoms with van der Waals surface area (Å²) < 4.78 is 0. The van der Waals surface area contributed by atoms with Crippen molar-refractivity contribution in [1.82, 2.24) is 5.32 Å².